The Morgan fingerprint density at radius 3 is 2.65 bits per heavy atom. The van der Waals surface area contributed by atoms with Gasteiger partial charge in [-0.3, -0.25) is 15.2 Å². The maximum atomic E-state index is 13.9. The molecule has 1 aromatic rings. The van der Waals surface area contributed by atoms with Crippen LogP contribution in [0.1, 0.15) is 44.9 Å². The summed E-state index contributed by atoms with van der Waals surface area (Å²) in [7, 11) is 6.11. The number of hydrogen-bond acceptors (Lipinski definition) is 3. The van der Waals surface area contributed by atoms with E-state index in [1.54, 1.807) is 4.90 Å². The molecule has 0 bridgehead atoms. The molecule has 5 nitrogen and oxygen atoms in total. The molecular weight excluding hydrogens is 330 g/mol. The average molecular weight is 354 g/mol. The van der Waals surface area contributed by atoms with Crippen LogP contribution in [0.4, 0.5) is 14.9 Å². The quantitative estimate of drug-likeness (QED) is 0.799. The molecule has 7 heteroatoms. The first-order valence-corrected chi connectivity index (χ1v) is 9.55. The summed E-state index contributed by atoms with van der Waals surface area (Å²) in [6.45, 7) is 1.56. The van der Waals surface area contributed by atoms with Crippen molar-refractivity contribution in [2.75, 3.05) is 18.0 Å². The molecule has 1 spiro atoms. The number of hydrogen-bond donors (Lipinski definition) is 2. The number of carbonyl (C=O) groups is 1. The van der Waals surface area contributed by atoms with Gasteiger partial charge in [0.1, 0.15) is 25.0 Å². The maximum absolute atomic E-state index is 13.9. The molecule has 2 radical (unpaired) electrons. The molecule has 0 aromatic heterocycles. The average Bonchev–Trinajstić information content (AvgIpc) is 2.90. The molecule has 1 saturated carbocycles. The summed E-state index contributed by atoms with van der Waals surface area (Å²) in [6, 6.07) is 4.18. The van der Waals surface area contributed by atoms with E-state index in [0.29, 0.717) is 11.2 Å². The summed E-state index contributed by atoms with van der Waals surface area (Å²) in [6.07, 6.45) is 7.22. The van der Waals surface area contributed by atoms with E-state index in [2.05, 4.69) is 10.6 Å². The van der Waals surface area contributed by atoms with Crippen molar-refractivity contribution in [3.05, 3.63) is 24.0 Å². The molecular formula is C19H24BFN4O. The minimum absolute atomic E-state index is 0.260. The summed E-state index contributed by atoms with van der Waals surface area (Å²) in [4.78, 5) is 19.5. The molecule has 2 aliphatic heterocycles. The monoisotopic (exact) mass is 354 g/mol. The van der Waals surface area contributed by atoms with Crippen LogP contribution in [0.2, 0.25) is 0 Å². The fourth-order valence-corrected chi connectivity index (χ4v) is 4.47. The van der Waals surface area contributed by atoms with Gasteiger partial charge in [0.25, 0.3) is 0 Å². The number of piperidine rings is 1. The van der Waals surface area contributed by atoms with Crippen LogP contribution in [0.25, 0.3) is 0 Å². The molecule has 3 fully saturated rings. The molecule has 1 aromatic carbocycles. The molecule has 2 amide bonds. The van der Waals surface area contributed by atoms with E-state index in [-0.39, 0.29) is 12.1 Å². The first kappa shape index (κ1) is 17.5. The van der Waals surface area contributed by atoms with Crippen LogP contribution in [-0.2, 0) is 0 Å². The van der Waals surface area contributed by atoms with Crippen LogP contribution < -0.4 is 21.0 Å². The zero-order valence-electron chi connectivity index (χ0n) is 14.9. The van der Waals surface area contributed by atoms with E-state index >= 15 is 0 Å². The lowest BCUT2D eigenvalue weighted by Gasteiger charge is -2.41. The van der Waals surface area contributed by atoms with E-state index in [9.17, 15) is 9.18 Å². The van der Waals surface area contributed by atoms with Crippen LogP contribution >= 0.6 is 0 Å². The van der Waals surface area contributed by atoms with Crippen molar-refractivity contribution in [3.8, 4) is 0 Å². The maximum Gasteiger partial charge on any atom is 0.328 e. The second kappa shape index (κ2) is 7.03. The molecule has 1 aliphatic carbocycles. The molecule has 0 atom stereocenters. The molecule has 3 aliphatic rings. The highest BCUT2D eigenvalue weighted by Gasteiger charge is 2.52. The Hall–Kier alpha value is -1.89. The smallest absolute Gasteiger partial charge is 0.317 e. The van der Waals surface area contributed by atoms with Crippen LogP contribution in [0.15, 0.2) is 23.2 Å². The first-order valence-electron chi connectivity index (χ1n) is 9.55. The standard InChI is InChI=1S/C19H24BFN4O/c20-15-7-6-13(21)12-16(15)25-18(26)24-17(19(25)8-10-22-11-9-19)23-14-4-2-1-3-5-14/h6-7,12,14,22H,1-5,8-11H2,(H,23,24,26). The normalized spacial score (nSPS) is 25.0. The summed E-state index contributed by atoms with van der Waals surface area (Å²) in [5.74, 6) is 0.336. The predicted octanol–water partition coefficient (Wildman–Crippen LogP) is 2.00. The SMILES string of the molecule is [B]c1ccc(F)cc1N1C(=O)NC(=NC2CCCCC2)C12CCNCC2. The second-order valence-corrected chi connectivity index (χ2v) is 7.52. The van der Waals surface area contributed by atoms with Crippen LogP contribution in [0.3, 0.4) is 0 Å². The van der Waals surface area contributed by atoms with Gasteiger partial charge in [-0.2, -0.15) is 0 Å². The Morgan fingerprint density at radius 2 is 1.92 bits per heavy atom. The highest BCUT2D eigenvalue weighted by molar-refractivity contribution is 6.37. The van der Waals surface area contributed by atoms with Gasteiger partial charge >= 0.3 is 6.03 Å². The zero-order chi connectivity index (χ0) is 18.1. The summed E-state index contributed by atoms with van der Waals surface area (Å²) < 4.78 is 13.9. The van der Waals surface area contributed by atoms with Gasteiger partial charge in [-0.25, -0.2) is 9.18 Å². The highest BCUT2D eigenvalue weighted by Crippen LogP contribution is 2.36. The molecule has 26 heavy (non-hydrogen) atoms. The van der Waals surface area contributed by atoms with Crippen LogP contribution in [0.5, 0.6) is 0 Å². The molecule has 2 heterocycles. The number of anilines is 1. The van der Waals surface area contributed by atoms with Crippen LogP contribution in [0, 0.1) is 5.82 Å². The van der Waals surface area contributed by atoms with Gasteiger partial charge in [-0.1, -0.05) is 30.8 Å². The number of urea groups is 1. The van der Waals surface area contributed by atoms with Crippen molar-refractivity contribution in [2.45, 2.75) is 56.5 Å². The molecule has 2 saturated heterocycles. The van der Waals surface area contributed by atoms with Crippen molar-refractivity contribution < 1.29 is 9.18 Å². The number of aliphatic imine (C=N–C) groups is 1. The number of amidine groups is 1. The third-order valence-corrected chi connectivity index (χ3v) is 5.85. The van der Waals surface area contributed by atoms with E-state index in [4.69, 9.17) is 12.8 Å². The Kier molecular flexibility index (Phi) is 4.74. The summed E-state index contributed by atoms with van der Waals surface area (Å²) in [5, 5.41) is 6.34. The van der Waals surface area contributed by atoms with Crippen LogP contribution in [-0.4, -0.2) is 44.4 Å². The molecule has 4 rings (SSSR count). The molecule has 136 valence electrons. The topological polar surface area (TPSA) is 56.7 Å². The number of benzene rings is 1. The summed E-state index contributed by atoms with van der Waals surface area (Å²) in [5.41, 5.74) is 0.262. The lowest BCUT2D eigenvalue weighted by atomic mass is 9.83. The van der Waals surface area contributed by atoms with Crippen molar-refractivity contribution in [3.63, 3.8) is 0 Å². The van der Waals surface area contributed by atoms with Gasteiger partial charge in [-0.05, 0) is 50.9 Å². The first-order chi connectivity index (χ1) is 12.6. The third kappa shape index (κ3) is 3.02. The Morgan fingerprint density at radius 1 is 1.19 bits per heavy atom. The largest absolute Gasteiger partial charge is 0.328 e. The lowest BCUT2D eigenvalue weighted by Crippen LogP contribution is -2.57. The Balaban J connectivity index is 1.76. The minimum atomic E-state index is -0.568. The number of amides is 2. The zero-order valence-corrected chi connectivity index (χ0v) is 14.9. The number of halogens is 1. The van der Waals surface area contributed by atoms with Gasteiger partial charge in [0.15, 0.2) is 0 Å². The second-order valence-electron chi connectivity index (χ2n) is 7.52. The van der Waals surface area contributed by atoms with Gasteiger partial charge < -0.3 is 5.32 Å². The van der Waals surface area contributed by atoms with Gasteiger partial charge in [-0.15, -0.1) is 0 Å². The summed E-state index contributed by atoms with van der Waals surface area (Å²) >= 11 is 0. The van der Waals surface area contributed by atoms with E-state index in [0.717, 1.165) is 44.6 Å². The van der Waals surface area contributed by atoms with Gasteiger partial charge in [0.05, 0.1) is 6.04 Å². The fourth-order valence-electron chi connectivity index (χ4n) is 4.47. The third-order valence-electron chi connectivity index (χ3n) is 5.85. The highest BCUT2D eigenvalue weighted by atomic mass is 19.1. The Bertz CT molecular complexity index is 726. The number of nitrogens with zero attached hydrogens (tertiary/aromatic N) is 2. The van der Waals surface area contributed by atoms with Gasteiger partial charge in [0.2, 0.25) is 0 Å². The van der Waals surface area contributed by atoms with Crippen molar-refractivity contribution >= 4 is 30.9 Å². The number of nitrogens with one attached hydrogen (secondary N) is 2. The minimum Gasteiger partial charge on any atom is -0.317 e. The van der Waals surface area contributed by atoms with E-state index < -0.39 is 11.4 Å². The van der Waals surface area contributed by atoms with Crippen molar-refractivity contribution in [1.29, 1.82) is 0 Å². The fraction of sp³-hybridized carbons (Fsp3) is 0.579. The number of rotatable bonds is 2. The van der Waals surface area contributed by atoms with Crippen molar-refractivity contribution in [1.82, 2.24) is 10.6 Å². The molecule has 0 unspecified atom stereocenters. The van der Waals surface area contributed by atoms with E-state index in [1.165, 1.54) is 37.5 Å². The van der Waals surface area contributed by atoms with Gasteiger partial charge in [0, 0.05) is 5.69 Å². The number of carbonyl (C=O) groups excluding carboxylic acids is 1. The lowest BCUT2D eigenvalue weighted by molar-refractivity contribution is 0.249. The van der Waals surface area contributed by atoms with Crippen molar-refractivity contribution in [2.24, 2.45) is 4.99 Å². The predicted molar refractivity (Wildman–Crippen MR) is 102 cm³/mol. The van der Waals surface area contributed by atoms with E-state index in [1.807, 2.05) is 0 Å². The molecule has 2 N–H and O–H groups in total. The Labute approximate surface area is 154 Å².